The molecule has 1 fully saturated rings. The summed E-state index contributed by atoms with van der Waals surface area (Å²) in [4.78, 5) is 11.9. The summed E-state index contributed by atoms with van der Waals surface area (Å²) in [6.07, 6.45) is 0. The molecule has 20 heavy (non-hydrogen) atoms. The molecule has 0 aromatic heterocycles. The number of benzene rings is 1. The van der Waals surface area contributed by atoms with Gasteiger partial charge in [0.2, 0.25) is 0 Å². The number of nitrogens with one attached hydrogen (secondary N) is 1. The smallest absolute Gasteiger partial charge is 0.327 e. The van der Waals surface area contributed by atoms with Crippen molar-refractivity contribution < 1.29 is 19.0 Å². The topological polar surface area (TPSA) is 56.8 Å². The molecule has 0 spiro atoms. The predicted octanol–water partition coefficient (Wildman–Crippen LogP) is 1.64. The molecule has 0 radical (unpaired) electrons. The Morgan fingerprint density at radius 2 is 1.90 bits per heavy atom. The highest BCUT2D eigenvalue weighted by Crippen LogP contribution is 2.20. The number of hydrogen-bond acceptors (Lipinski definition) is 5. The van der Waals surface area contributed by atoms with Crippen LogP contribution in [0, 0.1) is 0 Å². The Kier molecular flexibility index (Phi) is 4.75. The zero-order chi connectivity index (χ0) is 14.6. The molecule has 1 heterocycles. The van der Waals surface area contributed by atoms with Gasteiger partial charge < -0.3 is 14.2 Å². The van der Waals surface area contributed by atoms with E-state index in [0.29, 0.717) is 13.2 Å². The van der Waals surface area contributed by atoms with Crippen LogP contribution in [0.15, 0.2) is 30.3 Å². The quantitative estimate of drug-likeness (QED) is 0.849. The molecule has 1 saturated heterocycles. The summed E-state index contributed by atoms with van der Waals surface area (Å²) >= 11 is 0. The van der Waals surface area contributed by atoms with Crippen LogP contribution in [0.25, 0.3) is 0 Å². The number of ether oxygens (including phenoxy) is 3. The lowest BCUT2D eigenvalue weighted by molar-refractivity contribution is -0.253. The summed E-state index contributed by atoms with van der Waals surface area (Å²) in [5.41, 5.74) is 0.865. The van der Waals surface area contributed by atoms with Gasteiger partial charge in [-0.15, -0.1) is 0 Å². The zero-order valence-electron chi connectivity index (χ0n) is 12.1. The maximum absolute atomic E-state index is 11.9. The monoisotopic (exact) mass is 279 g/mol. The summed E-state index contributed by atoms with van der Waals surface area (Å²) in [5, 5.41) is 3.24. The number of methoxy groups -OCH3 is 1. The standard InChI is InChI=1S/C15H21NO4/c1-15(2)19-9-12(10-20-15)16-13(14(17)18-3)11-7-5-4-6-8-11/h4-8,12-13,16H,9-10H2,1-3H3. The Morgan fingerprint density at radius 3 is 2.45 bits per heavy atom. The van der Waals surface area contributed by atoms with Crippen molar-refractivity contribution in [3.05, 3.63) is 35.9 Å². The minimum atomic E-state index is -0.564. The molecule has 0 aliphatic carbocycles. The molecule has 5 nitrogen and oxygen atoms in total. The van der Waals surface area contributed by atoms with Crippen LogP contribution in [0.3, 0.4) is 0 Å². The van der Waals surface area contributed by atoms with Crippen LogP contribution in [-0.4, -0.2) is 38.1 Å². The fourth-order valence-corrected chi connectivity index (χ4v) is 2.09. The number of esters is 1. The Balaban J connectivity index is 2.04. The van der Waals surface area contributed by atoms with Gasteiger partial charge in [0.1, 0.15) is 6.04 Å². The average molecular weight is 279 g/mol. The molecule has 1 aliphatic rings. The summed E-state index contributed by atoms with van der Waals surface area (Å²) in [5.74, 6) is -0.882. The highest BCUT2D eigenvalue weighted by Gasteiger charge is 2.31. The van der Waals surface area contributed by atoms with Crippen LogP contribution in [0.5, 0.6) is 0 Å². The van der Waals surface area contributed by atoms with Gasteiger partial charge in [0.05, 0.1) is 26.4 Å². The maximum Gasteiger partial charge on any atom is 0.327 e. The highest BCUT2D eigenvalue weighted by molar-refractivity contribution is 5.77. The second kappa shape index (κ2) is 6.35. The van der Waals surface area contributed by atoms with Crippen LogP contribution in [0.4, 0.5) is 0 Å². The number of carbonyl (C=O) groups is 1. The lowest BCUT2D eigenvalue weighted by Crippen LogP contribution is -2.50. The molecule has 2 rings (SSSR count). The number of carbonyl (C=O) groups excluding carboxylic acids is 1. The molecule has 1 atom stereocenters. The molecule has 1 aromatic rings. The van der Waals surface area contributed by atoms with E-state index in [4.69, 9.17) is 14.2 Å². The maximum atomic E-state index is 11.9. The summed E-state index contributed by atoms with van der Waals surface area (Å²) in [6, 6.07) is 8.92. The first-order chi connectivity index (χ1) is 9.52. The Hall–Kier alpha value is -1.43. The van der Waals surface area contributed by atoms with Gasteiger partial charge in [-0.25, -0.2) is 4.79 Å². The van der Waals surface area contributed by atoms with Gasteiger partial charge in [0.25, 0.3) is 0 Å². The third kappa shape index (κ3) is 3.79. The highest BCUT2D eigenvalue weighted by atomic mass is 16.7. The number of rotatable bonds is 4. The van der Waals surface area contributed by atoms with Crippen LogP contribution >= 0.6 is 0 Å². The predicted molar refractivity (Wildman–Crippen MR) is 74.1 cm³/mol. The van der Waals surface area contributed by atoms with E-state index in [1.807, 2.05) is 44.2 Å². The first kappa shape index (κ1) is 15.0. The van der Waals surface area contributed by atoms with E-state index >= 15 is 0 Å². The van der Waals surface area contributed by atoms with Gasteiger partial charge in [-0.2, -0.15) is 0 Å². The van der Waals surface area contributed by atoms with E-state index in [1.165, 1.54) is 7.11 Å². The second-order valence-electron chi connectivity index (χ2n) is 5.25. The van der Waals surface area contributed by atoms with E-state index in [0.717, 1.165) is 5.56 Å². The van der Waals surface area contributed by atoms with Gasteiger partial charge in [0.15, 0.2) is 5.79 Å². The molecule has 1 N–H and O–H groups in total. The van der Waals surface area contributed by atoms with E-state index < -0.39 is 11.8 Å². The molecule has 0 amide bonds. The van der Waals surface area contributed by atoms with Gasteiger partial charge in [-0.3, -0.25) is 5.32 Å². The normalized spacial score (nSPS) is 20.4. The first-order valence-corrected chi connectivity index (χ1v) is 6.68. The Labute approximate surface area is 119 Å². The number of hydrogen-bond donors (Lipinski definition) is 1. The van der Waals surface area contributed by atoms with Crippen molar-refractivity contribution in [2.24, 2.45) is 0 Å². The van der Waals surface area contributed by atoms with Gasteiger partial charge in [-0.1, -0.05) is 30.3 Å². The van der Waals surface area contributed by atoms with Crippen molar-refractivity contribution >= 4 is 5.97 Å². The summed E-state index contributed by atoms with van der Waals surface area (Å²) in [7, 11) is 1.39. The largest absolute Gasteiger partial charge is 0.468 e. The minimum Gasteiger partial charge on any atom is -0.468 e. The zero-order valence-corrected chi connectivity index (χ0v) is 12.1. The SMILES string of the molecule is COC(=O)C(NC1COC(C)(C)OC1)c1ccccc1. The van der Waals surface area contributed by atoms with Crippen LogP contribution in [-0.2, 0) is 19.0 Å². The lowest BCUT2D eigenvalue weighted by atomic mass is 10.1. The first-order valence-electron chi connectivity index (χ1n) is 6.68. The van der Waals surface area contributed by atoms with Crippen molar-refractivity contribution in [1.82, 2.24) is 5.32 Å². The van der Waals surface area contributed by atoms with Crippen molar-refractivity contribution in [3.63, 3.8) is 0 Å². The second-order valence-corrected chi connectivity index (χ2v) is 5.25. The molecule has 1 aromatic carbocycles. The lowest BCUT2D eigenvalue weighted by Gasteiger charge is -2.36. The van der Waals surface area contributed by atoms with Crippen LogP contribution in [0.2, 0.25) is 0 Å². The third-order valence-electron chi connectivity index (χ3n) is 3.24. The fraction of sp³-hybridized carbons (Fsp3) is 0.533. The van der Waals surface area contributed by atoms with E-state index in [-0.39, 0.29) is 12.0 Å². The Morgan fingerprint density at radius 1 is 1.30 bits per heavy atom. The molecule has 1 unspecified atom stereocenters. The minimum absolute atomic E-state index is 0.0488. The Bertz CT molecular complexity index is 436. The molecular weight excluding hydrogens is 258 g/mol. The van der Waals surface area contributed by atoms with Crippen LogP contribution in [0.1, 0.15) is 25.5 Å². The van der Waals surface area contributed by atoms with Crippen molar-refractivity contribution in [2.45, 2.75) is 31.7 Å². The van der Waals surface area contributed by atoms with Gasteiger partial charge in [0, 0.05) is 0 Å². The molecule has 110 valence electrons. The third-order valence-corrected chi connectivity index (χ3v) is 3.24. The van der Waals surface area contributed by atoms with Gasteiger partial charge in [-0.05, 0) is 19.4 Å². The van der Waals surface area contributed by atoms with Crippen LogP contribution < -0.4 is 5.32 Å². The van der Waals surface area contributed by atoms with Crippen molar-refractivity contribution in [2.75, 3.05) is 20.3 Å². The van der Waals surface area contributed by atoms with E-state index in [2.05, 4.69) is 5.32 Å². The fourth-order valence-electron chi connectivity index (χ4n) is 2.09. The molecule has 0 bridgehead atoms. The van der Waals surface area contributed by atoms with Gasteiger partial charge >= 0.3 is 5.97 Å². The summed E-state index contributed by atoms with van der Waals surface area (Å²) < 4.78 is 16.0. The average Bonchev–Trinajstić information content (AvgIpc) is 2.46. The van der Waals surface area contributed by atoms with Crippen molar-refractivity contribution in [1.29, 1.82) is 0 Å². The van der Waals surface area contributed by atoms with Crippen molar-refractivity contribution in [3.8, 4) is 0 Å². The van der Waals surface area contributed by atoms with E-state index in [1.54, 1.807) is 0 Å². The van der Waals surface area contributed by atoms with E-state index in [9.17, 15) is 4.79 Å². The molecular formula is C15H21NO4. The molecule has 1 aliphatic heterocycles. The summed E-state index contributed by atoms with van der Waals surface area (Å²) in [6.45, 7) is 4.73. The molecule has 5 heteroatoms. The molecule has 0 saturated carbocycles.